The first-order valence-corrected chi connectivity index (χ1v) is 7.08. The third kappa shape index (κ3) is 3.71. The van der Waals surface area contributed by atoms with Crippen LogP contribution in [0.3, 0.4) is 0 Å². The van der Waals surface area contributed by atoms with E-state index in [0.29, 0.717) is 0 Å². The molecule has 2 aromatic rings. The van der Waals surface area contributed by atoms with Gasteiger partial charge in [0.1, 0.15) is 5.75 Å². The Bertz CT molecular complexity index is 560. The number of nitrogens with one attached hydrogen (secondary N) is 1. The topological polar surface area (TPSA) is 34.2 Å². The Balaban J connectivity index is 2.24. The molecule has 1 aromatic carbocycles. The molecule has 0 fully saturated rings. The first-order valence-electron chi connectivity index (χ1n) is 6.70. The highest BCUT2D eigenvalue weighted by Crippen LogP contribution is 2.24. The van der Waals surface area contributed by atoms with Crippen LogP contribution < -0.4 is 10.1 Å². The number of halogens is 1. The van der Waals surface area contributed by atoms with Crippen LogP contribution in [0.4, 0.5) is 0 Å². The van der Waals surface area contributed by atoms with Crippen molar-refractivity contribution >= 4 is 11.6 Å². The second kappa shape index (κ2) is 7.27. The SMILES string of the molecule is CCNC(Cc1ccccc1Cl)c1cncc(OC)c1. The van der Waals surface area contributed by atoms with Gasteiger partial charge in [0.25, 0.3) is 0 Å². The van der Waals surface area contributed by atoms with Crippen molar-refractivity contribution in [1.82, 2.24) is 10.3 Å². The molecule has 0 aliphatic carbocycles. The number of pyridine rings is 1. The van der Waals surface area contributed by atoms with Crippen LogP contribution >= 0.6 is 11.6 Å². The largest absolute Gasteiger partial charge is 0.495 e. The van der Waals surface area contributed by atoms with Crippen molar-refractivity contribution in [2.75, 3.05) is 13.7 Å². The summed E-state index contributed by atoms with van der Waals surface area (Å²) in [5.74, 6) is 0.768. The highest BCUT2D eigenvalue weighted by molar-refractivity contribution is 6.31. The number of methoxy groups -OCH3 is 1. The molecule has 0 spiro atoms. The molecule has 0 saturated carbocycles. The molecular weight excluding hydrogens is 272 g/mol. The number of benzene rings is 1. The van der Waals surface area contributed by atoms with E-state index in [1.165, 1.54) is 0 Å². The minimum atomic E-state index is 0.169. The van der Waals surface area contributed by atoms with Gasteiger partial charge in [-0.15, -0.1) is 0 Å². The predicted octanol–water partition coefficient (Wildman–Crippen LogP) is 3.64. The zero-order valence-corrected chi connectivity index (χ0v) is 12.5. The van der Waals surface area contributed by atoms with Crippen LogP contribution in [0.15, 0.2) is 42.7 Å². The number of rotatable bonds is 6. The fourth-order valence-electron chi connectivity index (χ4n) is 2.18. The lowest BCUT2D eigenvalue weighted by Crippen LogP contribution is -2.23. The lowest BCUT2D eigenvalue weighted by molar-refractivity contribution is 0.410. The fourth-order valence-corrected chi connectivity index (χ4v) is 2.39. The minimum Gasteiger partial charge on any atom is -0.495 e. The molecule has 0 bridgehead atoms. The summed E-state index contributed by atoms with van der Waals surface area (Å²) < 4.78 is 5.24. The van der Waals surface area contributed by atoms with Crippen molar-refractivity contribution in [3.8, 4) is 5.75 Å². The molecule has 0 saturated heterocycles. The maximum Gasteiger partial charge on any atom is 0.137 e. The van der Waals surface area contributed by atoms with E-state index < -0.39 is 0 Å². The standard InChI is InChI=1S/C16H19ClN2O/c1-3-19-16(9-12-6-4-5-7-15(12)17)13-8-14(20-2)11-18-10-13/h4-8,10-11,16,19H,3,9H2,1-2H3. The summed E-state index contributed by atoms with van der Waals surface area (Å²) in [4.78, 5) is 4.22. The number of likely N-dealkylation sites (N-methyl/N-ethyl adjacent to an activating group) is 1. The van der Waals surface area contributed by atoms with Gasteiger partial charge >= 0.3 is 0 Å². The van der Waals surface area contributed by atoms with E-state index in [1.807, 2.05) is 30.5 Å². The summed E-state index contributed by atoms with van der Waals surface area (Å²) in [7, 11) is 1.65. The van der Waals surface area contributed by atoms with E-state index in [-0.39, 0.29) is 6.04 Å². The zero-order chi connectivity index (χ0) is 14.4. The Labute approximate surface area is 124 Å². The molecule has 4 heteroatoms. The summed E-state index contributed by atoms with van der Waals surface area (Å²) in [6.45, 7) is 2.97. The molecule has 0 aliphatic heterocycles. The van der Waals surface area contributed by atoms with Crippen molar-refractivity contribution in [2.45, 2.75) is 19.4 Å². The highest BCUT2D eigenvalue weighted by Gasteiger charge is 2.14. The van der Waals surface area contributed by atoms with Crippen LogP contribution in [0, 0.1) is 0 Å². The quantitative estimate of drug-likeness (QED) is 0.882. The van der Waals surface area contributed by atoms with Crippen LogP contribution in [-0.4, -0.2) is 18.6 Å². The number of hydrogen-bond acceptors (Lipinski definition) is 3. The number of nitrogens with zero attached hydrogens (tertiary/aromatic N) is 1. The molecule has 106 valence electrons. The molecular formula is C16H19ClN2O. The van der Waals surface area contributed by atoms with Gasteiger partial charge in [0.15, 0.2) is 0 Å². The third-order valence-electron chi connectivity index (χ3n) is 3.20. The number of aromatic nitrogens is 1. The van der Waals surface area contributed by atoms with Crippen molar-refractivity contribution in [3.05, 3.63) is 58.9 Å². The average molecular weight is 291 g/mol. The molecule has 0 amide bonds. The molecule has 1 atom stereocenters. The van der Waals surface area contributed by atoms with E-state index in [1.54, 1.807) is 13.3 Å². The molecule has 3 nitrogen and oxygen atoms in total. The van der Waals surface area contributed by atoms with Crippen molar-refractivity contribution in [2.24, 2.45) is 0 Å². The smallest absolute Gasteiger partial charge is 0.137 e. The van der Waals surface area contributed by atoms with Crippen LogP contribution in [0.25, 0.3) is 0 Å². The molecule has 1 unspecified atom stereocenters. The van der Waals surface area contributed by atoms with Gasteiger partial charge in [0.05, 0.1) is 13.3 Å². The van der Waals surface area contributed by atoms with Crippen LogP contribution in [0.5, 0.6) is 5.75 Å². The first kappa shape index (κ1) is 14.8. The second-order valence-corrected chi connectivity index (χ2v) is 4.97. The van der Waals surface area contributed by atoms with Crippen molar-refractivity contribution in [3.63, 3.8) is 0 Å². The van der Waals surface area contributed by atoms with E-state index >= 15 is 0 Å². The molecule has 1 aromatic heterocycles. The summed E-state index contributed by atoms with van der Waals surface area (Å²) in [5, 5.41) is 4.27. The normalized spacial score (nSPS) is 12.2. The Kier molecular flexibility index (Phi) is 5.39. The Morgan fingerprint density at radius 2 is 2.10 bits per heavy atom. The minimum absolute atomic E-state index is 0.169. The summed E-state index contributed by atoms with van der Waals surface area (Å²) in [6, 6.07) is 10.1. The Hall–Kier alpha value is -1.58. The third-order valence-corrected chi connectivity index (χ3v) is 3.57. The second-order valence-electron chi connectivity index (χ2n) is 4.56. The first-order chi connectivity index (χ1) is 9.74. The van der Waals surface area contributed by atoms with Crippen LogP contribution in [0.1, 0.15) is 24.1 Å². The van der Waals surface area contributed by atoms with Gasteiger partial charge in [-0.05, 0) is 36.2 Å². The molecule has 1 heterocycles. The summed E-state index contributed by atoms with van der Waals surface area (Å²) in [6.07, 6.45) is 4.40. The van der Waals surface area contributed by atoms with Crippen LogP contribution in [0.2, 0.25) is 5.02 Å². The fraction of sp³-hybridized carbons (Fsp3) is 0.312. The molecule has 0 aliphatic rings. The maximum absolute atomic E-state index is 6.25. The van der Waals surface area contributed by atoms with Gasteiger partial charge in [0, 0.05) is 17.3 Å². The van der Waals surface area contributed by atoms with Gasteiger partial charge in [-0.2, -0.15) is 0 Å². The van der Waals surface area contributed by atoms with Crippen molar-refractivity contribution < 1.29 is 4.74 Å². The van der Waals surface area contributed by atoms with Gasteiger partial charge in [-0.1, -0.05) is 36.7 Å². The van der Waals surface area contributed by atoms with Gasteiger partial charge in [-0.25, -0.2) is 0 Å². The van der Waals surface area contributed by atoms with Gasteiger partial charge in [0.2, 0.25) is 0 Å². The van der Waals surface area contributed by atoms with Crippen LogP contribution in [-0.2, 0) is 6.42 Å². The summed E-state index contributed by atoms with van der Waals surface area (Å²) >= 11 is 6.25. The maximum atomic E-state index is 6.25. The molecule has 0 radical (unpaired) electrons. The molecule has 1 N–H and O–H groups in total. The van der Waals surface area contributed by atoms with E-state index in [0.717, 1.165) is 34.9 Å². The molecule has 2 rings (SSSR count). The van der Waals surface area contributed by atoms with Crippen molar-refractivity contribution in [1.29, 1.82) is 0 Å². The molecule has 20 heavy (non-hydrogen) atoms. The van der Waals surface area contributed by atoms with E-state index in [2.05, 4.69) is 23.3 Å². The van der Waals surface area contributed by atoms with Gasteiger partial charge < -0.3 is 10.1 Å². The number of ether oxygens (including phenoxy) is 1. The van der Waals surface area contributed by atoms with Gasteiger partial charge in [-0.3, -0.25) is 4.98 Å². The Morgan fingerprint density at radius 1 is 1.30 bits per heavy atom. The Morgan fingerprint density at radius 3 is 2.80 bits per heavy atom. The highest BCUT2D eigenvalue weighted by atomic mass is 35.5. The lowest BCUT2D eigenvalue weighted by Gasteiger charge is -2.19. The summed E-state index contributed by atoms with van der Waals surface area (Å²) in [5.41, 5.74) is 2.23. The van der Waals surface area contributed by atoms with E-state index in [9.17, 15) is 0 Å². The van der Waals surface area contributed by atoms with E-state index in [4.69, 9.17) is 16.3 Å². The zero-order valence-electron chi connectivity index (χ0n) is 11.8. The lowest BCUT2D eigenvalue weighted by atomic mass is 10.00. The monoisotopic (exact) mass is 290 g/mol. The number of hydrogen-bond donors (Lipinski definition) is 1. The predicted molar refractivity (Wildman–Crippen MR) is 82.4 cm³/mol. The average Bonchev–Trinajstić information content (AvgIpc) is 2.49.